The van der Waals surface area contributed by atoms with Gasteiger partial charge < -0.3 is 24.9 Å². The summed E-state index contributed by atoms with van der Waals surface area (Å²) in [6.45, 7) is 2.75. The Kier molecular flexibility index (Phi) is 10.9. The van der Waals surface area contributed by atoms with Gasteiger partial charge in [-0.05, 0) is 43.9 Å². The number of para-hydroxylation sites is 1. The maximum absolute atomic E-state index is 12.1. The van der Waals surface area contributed by atoms with E-state index in [0.29, 0.717) is 30.3 Å². The number of hydrogen-bond donors (Lipinski definition) is 2. The monoisotopic (exact) mass is 436 g/mol. The number of benzene rings is 2. The number of rotatable bonds is 14. The zero-order chi connectivity index (χ0) is 23.2. The van der Waals surface area contributed by atoms with Crippen molar-refractivity contribution in [1.29, 1.82) is 0 Å². The van der Waals surface area contributed by atoms with Gasteiger partial charge in [-0.3, -0.25) is 9.59 Å². The molecule has 0 aliphatic rings. The van der Waals surface area contributed by atoms with Crippen LogP contribution < -0.4 is 20.1 Å². The molecule has 0 aliphatic heterocycles. The highest BCUT2D eigenvalue weighted by atomic mass is 16.5. The molecule has 2 aromatic carbocycles. The number of ether oxygens (including phenoxy) is 2. The fourth-order valence-electron chi connectivity index (χ4n) is 2.88. The molecule has 2 amide bonds. The molecule has 0 atom stereocenters. The average Bonchev–Trinajstić information content (AvgIpc) is 2.79. The molecule has 0 heterocycles. The first-order valence-electron chi connectivity index (χ1n) is 10.7. The summed E-state index contributed by atoms with van der Waals surface area (Å²) < 4.78 is 11.9. The Morgan fingerprint density at radius 1 is 1.00 bits per heavy atom. The van der Waals surface area contributed by atoms with E-state index in [9.17, 15) is 14.4 Å². The molecule has 0 unspecified atom stereocenters. The minimum Gasteiger partial charge on any atom is -0.493 e. The van der Waals surface area contributed by atoms with Crippen LogP contribution in [0.4, 0.5) is 0 Å². The third-order valence-corrected chi connectivity index (χ3v) is 4.69. The Morgan fingerprint density at radius 2 is 1.75 bits per heavy atom. The van der Waals surface area contributed by atoms with Crippen LogP contribution in [-0.4, -0.2) is 39.0 Å². The van der Waals surface area contributed by atoms with Crippen molar-refractivity contribution < 1.29 is 23.9 Å². The molecule has 0 spiro atoms. The zero-order valence-electron chi connectivity index (χ0n) is 18.4. The number of aryl methyl sites for hydroxylation is 1. The average molecular weight is 436 g/mol. The summed E-state index contributed by atoms with van der Waals surface area (Å²) in [5.41, 5.74) is 1.76. The second-order valence-electron chi connectivity index (χ2n) is 7.23. The minimum atomic E-state index is -0.257. The third kappa shape index (κ3) is 8.84. The molecule has 2 rings (SSSR count). The lowest BCUT2D eigenvalue weighted by Crippen LogP contribution is -2.28. The van der Waals surface area contributed by atoms with Crippen LogP contribution >= 0.6 is 0 Å². The Bertz CT molecular complexity index is 904. The van der Waals surface area contributed by atoms with Gasteiger partial charge in [0.15, 0.2) is 0 Å². The maximum atomic E-state index is 12.1. The summed E-state index contributed by atoms with van der Waals surface area (Å²) in [7, 11) is 5.25. The quantitative estimate of drug-likeness (QED) is 0.270. The molecule has 8 heteroatoms. The summed E-state index contributed by atoms with van der Waals surface area (Å²) in [6.07, 6.45) is 3.28. The van der Waals surface area contributed by atoms with Crippen molar-refractivity contribution in [1.82, 2.24) is 10.6 Å². The smallest absolute Gasteiger partial charge is 0.220 e. The van der Waals surface area contributed by atoms with Crippen molar-refractivity contribution in [2.75, 3.05) is 13.1 Å². The molecule has 0 saturated heterocycles. The summed E-state index contributed by atoms with van der Waals surface area (Å²) in [6, 6.07) is 13.1. The van der Waals surface area contributed by atoms with Gasteiger partial charge in [0.25, 0.3) is 0 Å². The van der Waals surface area contributed by atoms with Gasteiger partial charge >= 0.3 is 0 Å². The number of unbranched alkanes of at least 4 members (excludes halogenated alkanes) is 2. The topological polar surface area (TPSA) is 93.7 Å². The highest BCUT2D eigenvalue weighted by Crippen LogP contribution is 2.31. The molecule has 2 aromatic rings. The largest absolute Gasteiger partial charge is 0.493 e. The predicted molar refractivity (Wildman–Crippen MR) is 123 cm³/mol. The molecular weight excluding hydrogens is 407 g/mol. The SMILES string of the molecule is [B]CNC(=O)CCC(=O)NCc1ccccc1Oc1cc(OCCCCC=O)ccc1C. The lowest BCUT2D eigenvalue weighted by Gasteiger charge is -2.15. The van der Waals surface area contributed by atoms with E-state index >= 15 is 0 Å². The standard InChI is InChI=1S/C24H29BN2O5/c1-18-9-10-20(31-14-6-2-5-13-28)15-22(18)32-21-8-4-3-7-19(21)16-26-23(29)11-12-24(30)27-17-25/h3-4,7-10,13,15H,2,5-6,11-12,14,16-17H2,1H3,(H,26,29)(H,27,30). The van der Waals surface area contributed by atoms with Crippen LogP contribution in [-0.2, 0) is 20.9 Å². The van der Waals surface area contributed by atoms with Crippen LogP contribution in [0.3, 0.4) is 0 Å². The van der Waals surface area contributed by atoms with Crippen LogP contribution in [0.2, 0.25) is 0 Å². The predicted octanol–water partition coefficient (Wildman–Crippen LogP) is 3.17. The molecule has 0 fully saturated rings. The van der Waals surface area contributed by atoms with Crippen molar-refractivity contribution in [3.8, 4) is 17.2 Å². The van der Waals surface area contributed by atoms with Gasteiger partial charge in [0.2, 0.25) is 11.8 Å². The molecular formula is C24H29BN2O5. The normalized spacial score (nSPS) is 10.3. The van der Waals surface area contributed by atoms with E-state index in [4.69, 9.17) is 17.3 Å². The summed E-state index contributed by atoms with van der Waals surface area (Å²) in [4.78, 5) is 33.9. The van der Waals surface area contributed by atoms with Crippen LogP contribution in [0.15, 0.2) is 42.5 Å². The van der Waals surface area contributed by atoms with E-state index in [1.165, 1.54) is 0 Å². The second-order valence-corrected chi connectivity index (χ2v) is 7.23. The Labute approximate surface area is 190 Å². The maximum Gasteiger partial charge on any atom is 0.220 e. The number of carbonyl (C=O) groups is 3. The molecule has 168 valence electrons. The fraction of sp³-hybridized carbons (Fsp3) is 0.375. The van der Waals surface area contributed by atoms with Gasteiger partial charge in [-0.15, -0.1) is 0 Å². The summed E-state index contributed by atoms with van der Waals surface area (Å²) >= 11 is 0. The van der Waals surface area contributed by atoms with E-state index in [-0.39, 0.29) is 37.6 Å². The first-order chi connectivity index (χ1) is 15.5. The van der Waals surface area contributed by atoms with E-state index in [1.54, 1.807) is 0 Å². The lowest BCUT2D eigenvalue weighted by atomic mass is 10.1. The van der Waals surface area contributed by atoms with E-state index in [1.807, 2.05) is 49.4 Å². The van der Waals surface area contributed by atoms with Gasteiger partial charge in [0, 0.05) is 37.4 Å². The summed E-state index contributed by atoms with van der Waals surface area (Å²) in [5.74, 6) is 1.49. The van der Waals surface area contributed by atoms with Crippen molar-refractivity contribution in [2.45, 2.75) is 45.6 Å². The molecule has 0 aromatic heterocycles. The first-order valence-corrected chi connectivity index (χ1v) is 10.7. The van der Waals surface area contributed by atoms with Gasteiger partial charge in [-0.2, -0.15) is 0 Å². The number of amides is 2. The van der Waals surface area contributed by atoms with Crippen molar-refractivity contribution in [3.05, 3.63) is 53.6 Å². The number of aldehydes is 1. The van der Waals surface area contributed by atoms with Crippen molar-refractivity contribution in [3.63, 3.8) is 0 Å². The number of nitrogens with one attached hydrogen (secondary N) is 2. The Morgan fingerprint density at radius 3 is 2.50 bits per heavy atom. The van der Waals surface area contributed by atoms with Crippen LogP contribution in [0.1, 0.15) is 43.2 Å². The minimum absolute atomic E-state index is 0.0526. The number of carbonyl (C=O) groups excluding carboxylic acids is 3. The highest BCUT2D eigenvalue weighted by Gasteiger charge is 2.10. The fourth-order valence-corrected chi connectivity index (χ4v) is 2.88. The van der Waals surface area contributed by atoms with E-state index in [0.717, 1.165) is 30.3 Å². The summed E-state index contributed by atoms with van der Waals surface area (Å²) in [5, 5.41) is 5.27. The van der Waals surface area contributed by atoms with Gasteiger partial charge in [-0.25, -0.2) is 0 Å². The van der Waals surface area contributed by atoms with Crippen molar-refractivity contribution in [2.24, 2.45) is 0 Å². The molecule has 2 N–H and O–H groups in total. The Hall–Kier alpha value is -3.29. The first kappa shape index (κ1) is 25.0. The van der Waals surface area contributed by atoms with E-state index < -0.39 is 0 Å². The van der Waals surface area contributed by atoms with Gasteiger partial charge in [0.1, 0.15) is 23.5 Å². The van der Waals surface area contributed by atoms with Crippen LogP contribution in [0, 0.1) is 6.92 Å². The van der Waals surface area contributed by atoms with E-state index in [2.05, 4.69) is 10.6 Å². The zero-order valence-corrected chi connectivity index (χ0v) is 18.4. The molecule has 0 aliphatic carbocycles. The lowest BCUT2D eigenvalue weighted by molar-refractivity contribution is -0.126. The van der Waals surface area contributed by atoms with Crippen LogP contribution in [0.5, 0.6) is 17.2 Å². The molecule has 32 heavy (non-hydrogen) atoms. The molecule has 0 saturated carbocycles. The second kappa shape index (κ2) is 13.9. The highest BCUT2D eigenvalue weighted by molar-refractivity contribution is 6.10. The molecule has 2 radical (unpaired) electrons. The number of hydrogen-bond acceptors (Lipinski definition) is 5. The molecule has 7 nitrogen and oxygen atoms in total. The van der Waals surface area contributed by atoms with Crippen molar-refractivity contribution >= 4 is 25.9 Å². The third-order valence-electron chi connectivity index (χ3n) is 4.69. The Balaban J connectivity index is 1.95. The van der Waals surface area contributed by atoms with Gasteiger partial charge in [0.05, 0.1) is 14.5 Å². The van der Waals surface area contributed by atoms with Crippen LogP contribution in [0.25, 0.3) is 0 Å². The molecule has 0 bridgehead atoms. The van der Waals surface area contributed by atoms with Gasteiger partial charge in [-0.1, -0.05) is 24.3 Å².